The number of aromatic amines is 1. The van der Waals surface area contributed by atoms with Gasteiger partial charge < -0.3 is 24.8 Å². The Morgan fingerprint density at radius 3 is 2.59 bits per heavy atom. The van der Waals surface area contributed by atoms with E-state index < -0.39 is 31.4 Å². The SMILES string of the molecule is CCOP(=O)(O)CC(CC(C)C)C(=O)N[C@@H](Cc1c[nH]c2ccccc12)C(=O)O. The quantitative estimate of drug-likeness (QED) is 0.410. The molecule has 4 N–H and O–H groups in total. The molecule has 1 aromatic carbocycles. The molecule has 160 valence electrons. The number of carboxylic acids is 1. The van der Waals surface area contributed by atoms with Crippen molar-refractivity contribution in [3.05, 3.63) is 36.0 Å². The number of fused-ring (bicyclic) bond motifs is 1. The van der Waals surface area contributed by atoms with Gasteiger partial charge in [0.1, 0.15) is 6.04 Å². The highest BCUT2D eigenvalue weighted by Crippen LogP contribution is 2.44. The number of nitrogens with one attached hydrogen (secondary N) is 2. The van der Waals surface area contributed by atoms with Crippen LogP contribution in [-0.4, -0.2) is 45.7 Å². The molecule has 0 aliphatic carbocycles. The third-order valence-electron chi connectivity index (χ3n) is 4.62. The van der Waals surface area contributed by atoms with E-state index in [-0.39, 0.29) is 25.1 Å². The van der Waals surface area contributed by atoms with Crippen LogP contribution in [0.15, 0.2) is 30.5 Å². The zero-order valence-electron chi connectivity index (χ0n) is 16.9. The molecule has 1 amide bonds. The van der Waals surface area contributed by atoms with Crippen LogP contribution >= 0.6 is 7.60 Å². The van der Waals surface area contributed by atoms with E-state index in [9.17, 15) is 24.2 Å². The van der Waals surface area contributed by atoms with Crippen molar-refractivity contribution in [1.82, 2.24) is 10.3 Å². The summed E-state index contributed by atoms with van der Waals surface area (Å²) in [6, 6.07) is 6.35. The molecule has 2 aromatic rings. The maximum atomic E-state index is 12.8. The summed E-state index contributed by atoms with van der Waals surface area (Å²) in [5, 5.41) is 13.1. The number of para-hydroxylation sites is 1. The van der Waals surface area contributed by atoms with Gasteiger partial charge in [-0.05, 0) is 30.9 Å². The van der Waals surface area contributed by atoms with E-state index in [1.165, 1.54) is 0 Å². The number of carbonyl (C=O) groups excluding carboxylic acids is 1. The van der Waals surface area contributed by atoms with Crippen molar-refractivity contribution in [2.24, 2.45) is 11.8 Å². The van der Waals surface area contributed by atoms with Gasteiger partial charge >= 0.3 is 13.6 Å². The average Bonchev–Trinajstić information content (AvgIpc) is 3.03. The van der Waals surface area contributed by atoms with Crippen molar-refractivity contribution < 1.29 is 28.7 Å². The smallest absolute Gasteiger partial charge is 0.328 e. The molecule has 9 heteroatoms. The zero-order chi connectivity index (χ0) is 21.6. The van der Waals surface area contributed by atoms with Crippen molar-refractivity contribution in [2.45, 2.75) is 39.7 Å². The van der Waals surface area contributed by atoms with Gasteiger partial charge in [-0.3, -0.25) is 9.36 Å². The number of hydrogen-bond acceptors (Lipinski definition) is 4. The number of carboxylic acid groups (broad SMARTS) is 1. The van der Waals surface area contributed by atoms with Gasteiger partial charge in [-0.25, -0.2) is 4.79 Å². The molecule has 2 rings (SSSR count). The zero-order valence-corrected chi connectivity index (χ0v) is 17.8. The fourth-order valence-electron chi connectivity index (χ4n) is 3.38. The molecule has 0 spiro atoms. The molecule has 0 bridgehead atoms. The average molecular weight is 424 g/mol. The van der Waals surface area contributed by atoms with Crippen LogP contribution in [0.5, 0.6) is 0 Å². The van der Waals surface area contributed by atoms with Crippen LogP contribution < -0.4 is 5.32 Å². The second-order valence-corrected chi connectivity index (χ2v) is 9.43. The minimum Gasteiger partial charge on any atom is -0.480 e. The first-order valence-corrected chi connectivity index (χ1v) is 11.4. The molecule has 2 unspecified atom stereocenters. The van der Waals surface area contributed by atoms with E-state index in [4.69, 9.17) is 4.52 Å². The minimum atomic E-state index is -3.93. The van der Waals surface area contributed by atoms with Crippen molar-refractivity contribution in [2.75, 3.05) is 12.8 Å². The second-order valence-electron chi connectivity index (χ2n) is 7.53. The third kappa shape index (κ3) is 6.70. The van der Waals surface area contributed by atoms with Gasteiger partial charge in [-0.2, -0.15) is 0 Å². The Hall–Kier alpha value is -2.15. The summed E-state index contributed by atoms with van der Waals surface area (Å²) >= 11 is 0. The van der Waals surface area contributed by atoms with Crippen molar-refractivity contribution in [1.29, 1.82) is 0 Å². The number of benzene rings is 1. The number of aliphatic carboxylic acids is 1. The largest absolute Gasteiger partial charge is 0.480 e. The summed E-state index contributed by atoms with van der Waals surface area (Å²) < 4.78 is 17.1. The number of aromatic nitrogens is 1. The predicted molar refractivity (Wildman–Crippen MR) is 111 cm³/mol. The molecule has 0 saturated carbocycles. The van der Waals surface area contributed by atoms with E-state index >= 15 is 0 Å². The van der Waals surface area contributed by atoms with Gasteiger partial charge in [-0.1, -0.05) is 32.0 Å². The number of hydrogen-bond donors (Lipinski definition) is 4. The summed E-state index contributed by atoms with van der Waals surface area (Å²) in [6.07, 6.45) is 1.84. The van der Waals surface area contributed by atoms with Gasteiger partial charge in [0, 0.05) is 29.4 Å². The van der Waals surface area contributed by atoms with Gasteiger partial charge in [0.25, 0.3) is 0 Å². The highest BCUT2D eigenvalue weighted by atomic mass is 31.2. The molecule has 3 atom stereocenters. The number of H-pyrrole nitrogens is 1. The first-order chi connectivity index (χ1) is 13.6. The Morgan fingerprint density at radius 1 is 1.28 bits per heavy atom. The topological polar surface area (TPSA) is 129 Å². The highest BCUT2D eigenvalue weighted by Gasteiger charge is 2.32. The Labute approximate surface area is 170 Å². The number of carbonyl (C=O) groups is 2. The Balaban J connectivity index is 2.16. The maximum Gasteiger partial charge on any atom is 0.328 e. The lowest BCUT2D eigenvalue weighted by molar-refractivity contribution is -0.142. The Morgan fingerprint density at radius 2 is 1.97 bits per heavy atom. The molecule has 0 radical (unpaired) electrons. The number of rotatable bonds is 11. The van der Waals surface area contributed by atoms with Gasteiger partial charge in [0.15, 0.2) is 0 Å². The van der Waals surface area contributed by atoms with Gasteiger partial charge in [-0.15, -0.1) is 0 Å². The van der Waals surface area contributed by atoms with Crippen LogP contribution in [0.3, 0.4) is 0 Å². The standard InChI is InChI=1S/C20H29N2O6P/c1-4-28-29(26,27)12-15(9-13(2)3)19(23)22-18(20(24)25)10-14-11-21-17-8-6-5-7-16(14)17/h5-8,11,13,15,18,21H,4,9-10,12H2,1-3H3,(H,22,23)(H,24,25)(H,26,27)/t15?,18-/m0/s1. The fourth-order valence-corrected chi connectivity index (χ4v) is 4.76. The molecule has 0 fully saturated rings. The molecule has 29 heavy (non-hydrogen) atoms. The first-order valence-electron chi connectivity index (χ1n) is 9.67. The summed E-state index contributed by atoms with van der Waals surface area (Å²) in [5.74, 6) is -2.45. The van der Waals surface area contributed by atoms with E-state index in [0.717, 1.165) is 16.5 Å². The van der Waals surface area contributed by atoms with Gasteiger partial charge in [0.05, 0.1) is 12.8 Å². The molecule has 1 heterocycles. The molecule has 1 aromatic heterocycles. The second kappa shape index (κ2) is 10.1. The molecule has 0 aliphatic rings. The summed E-state index contributed by atoms with van der Waals surface area (Å²) in [7, 11) is -3.93. The highest BCUT2D eigenvalue weighted by molar-refractivity contribution is 7.52. The van der Waals surface area contributed by atoms with Crippen LogP contribution in [0.25, 0.3) is 10.9 Å². The van der Waals surface area contributed by atoms with Crippen LogP contribution in [0.4, 0.5) is 0 Å². The lowest BCUT2D eigenvalue weighted by atomic mass is 9.97. The van der Waals surface area contributed by atoms with Crippen molar-refractivity contribution in [3.8, 4) is 0 Å². The van der Waals surface area contributed by atoms with E-state index in [1.807, 2.05) is 38.1 Å². The normalized spacial score (nSPS) is 15.8. The molecule has 0 aliphatic heterocycles. The predicted octanol–water partition coefficient (Wildman–Crippen LogP) is 3.16. The van der Waals surface area contributed by atoms with Crippen molar-refractivity contribution in [3.63, 3.8) is 0 Å². The molecular weight excluding hydrogens is 395 g/mol. The van der Waals surface area contributed by atoms with E-state index in [2.05, 4.69) is 10.3 Å². The van der Waals surface area contributed by atoms with E-state index in [0.29, 0.717) is 6.42 Å². The van der Waals surface area contributed by atoms with Crippen LogP contribution in [0.1, 0.15) is 32.8 Å². The molecular formula is C20H29N2O6P. The van der Waals surface area contributed by atoms with Gasteiger partial charge in [0.2, 0.25) is 5.91 Å². The lowest BCUT2D eigenvalue weighted by Gasteiger charge is -2.23. The summed E-state index contributed by atoms with van der Waals surface area (Å²) in [6.45, 7) is 5.44. The first kappa shape index (κ1) is 23.1. The number of amides is 1. The minimum absolute atomic E-state index is 0.0576. The Kier molecular flexibility index (Phi) is 8.02. The van der Waals surface area contributed by atoms with Crippen LogP contribution in [-0.2, 0) is 25.1 Å². The van der Waals surface area contributed by atoms with Crippen LogP contribution in [0, 0.1) is 11.8 Å². The third-order valence-corrected chi connectivity index (χ3v) is 6.19. The molecule has 8 nitrogen and oxygen atoms in total. The monoisotopic (exact) mass is 424 g/mol. The van der Waals surface area contributed by atoms with E-state index in [1.54, 1.807) is 13.1 Å². The van der Waals surface area contributed by atoms with Crippen LogP contribution in [0.2, 0.25) is 0 Å². The summed E-state index contributed by atoms with van der Waals surface area (Å²) in [5.41, 5.74) is 1.66. The fraction of sp³-hybridized carbons (Fsp3) is 0.500. The summed E-state index contributed by atoms with van der Waals surface area (Å²) in [4.78, 5) is 37.6. The van der Waals surface area contributed by atoms with Crippen molar-refractivity contribution >= 4 is 30.4 Å². The lowest BCUT2D eigenvalue weighted by Crippen LogP contribution is -2.46. The maximum absolute atomic E-state index is 12.8. The Bertz CT molecular complexity index is 894. The molecule has 0 saturated heterocycles.